The Hall–Kier alpha value is -9.81. The number of ether oxygens (including phenoxy) is 6. The van der Waals surface area contributed by atoms with E-state index in [0.29, 0.717) is 0 Å². The molecule has 0 saturated carbocycles. The monoisotopic (exact) mass is 987 g/mol. The summed E-state index contributed by atoms with van der Waals surface area (Å²) in [4.78, 5) is 0. The van der Waals surface area contributed by atoms with E-state index in [1.165, 1.54) is 0 Å². The van der Waals surface area contributed by atoms with Gasteiger partial charge in [0.1, 0.15) is 68.6 Å². The maximum Gasteiger partial charge on any atom is 0.255 e. The number of rotatable bonds is 12. The fraction of sp³-hybridized carbons (Fsp3) is 0.0952. The predicted molar refractivity (Wildman–Crippen MR) is 293 cm³/mol. The van der Waals surface area contributed by atoms with Crippen molar-refractivity contribution in [2.24, 2.45) is 0 Å². The van der Waals surface area contributed by atoms with Crippen LogP contribution in [0, 0.1) is 0 Å². The highest BCUT2D eigenvalue weighted by Gasteiger charge is 2.28. The Morgan fingerprint density at radius 3 is 0.667 bits per heavy atom. The molecule has 366 valence electrons. The molecule has 0 spiro atoms. The molecule has 0 aliphatic carbocycles. The molecular weight excluding hydrogens is 937 g/mol. The van der Waals surface area contributed by atoms with Gasteiger partial charge in [0.15, 0.2) is 33.1 Å². The zero-order valence-electron chi connectivity index (χ0n) is 42.2. The third-order valence-electron chi connectivity index (χ3n) is 14.6. The van der Waals surface area contributed by atoms with Crippen molar-refractivity contribution in [2.75, 3.05) is 42.7 Å². The molecule has 0 saturated heterocycles. The van der Waals surface area contributed by atoms with Gasteiger partial charge in [0, 0.05) is 0 Å². The third kappa shape index (κ3) is 7.48. The molecule has 0 unspecified atom stereocenters. The summed E-state index contributed by atoms with van der Waals surface area (Å²) in [5.74, 6) is 4.73. The second kappa shape index (κ2) is 18.0. The Morgan fingerprint density at radius 2 is 0.453 bits per heavy atom. The molecule has 0 amide bonds. The van der Waals surface area contributed by atoms with Crippen LogP contribution in [-0.2, 0) is 0 Å². The van der Waals surface area contributed by atoms with Gasteiger partial charge < -0.3 is 28.4 Å². The van der Waals surface area contributed by atoms with Crippen LogP contribution in [0.25, 0.3) is 99.5 Å². The fourth-order valence-corrected chi connectivity index (χ4v) is 10.6. The highest BCUT2D eigenvalue weighted by atomic mass is 16.5. The second-order valence-corrected chi connectivity index (χ2v) is 18.4. The van der Waals surface area contributed by atoms with Crippen molar-refractivity contribution in [1.29, 1.82) is 0 Å². The van der Waals surface area contributed by atoms with E-state index in [4.69, 9.17) is 28.4 Å². The number of hydrogen-bond acceptors (Lipinski definition) is 6. The quantitative estimate of drug-likeness (QED) is 0.0896. The lowest BCUT2D eigenvalue weighted by Gasteiger charge is -2.12. The Labute approximate surface area is 431 Å². The lowest BCUT2D eigenvalue weighted by Crippen LogP contribution is -2.28. The van der Waals surface area contributed by atoms with Crippen LogP contribution in [-0.4, -0.2) is 56.4 Å². The standard InChI is InChI=1S/C63H51N6O6/c1-70-46-19-7-40(8-20-46)64-37-65(41-9-21-47(71-2)22-10-41)59-32-53-52(31-58(59)64)54-33-60-62(68(44-15-27-50(74-5)28-16-44)38-66(60)42-11-23-48(72-3)24-12-42)35-56(54)57-36-63-61(34-55(53)57)67(43-13-25-49(73-4)26-14-43)39-69(63)45-17-29-51(75-6)30-18-45/h7-39H,1-6H3/q+3. The van der Waals surface area contributed by atoms with Gasteiger partial charge in [-0.2, -0.15) is 27.4 Å². The summed E-state index contributed by atoms with van der Waals surface area (Å²) in [6, 6.07) is 63.5. The maximum absolute atomic E-state index is 5.62. The van der Waals surface area contributed by atoms with E-state index < -0.39 is 0 Å². The first-order chi connectivity index (χ1) is 36.8. The summed E-state index contributed by atoms with van der Waals surface area (Å²) in [5, 5.41) is 6.61. The van der Waals surface area contributed by atoms with Gasteiger partial charge >= 0.3 is 0 Å². The van der Waals surface area contributed by atoms with E-state index in [1.807, 2.05) is 72.8 Å². The number of benzene rings is 10. The minimum Gasteiger partial charge on any atom is -0.497 e. The lowest BCUT2D eigenvalue weighted by molar-refractivity contribution is -0.568. The number of methoxy groups -OCH3 is 6. The maximum atomic E-state index is 5.62. The molecule has 0 radical (unpaired) electrons. The smallest absolute Gasteiger partial charge is 0.255 e. The van der Waals surface area contributed by atoms with E-state index in [9.17, 15) is 0 Å². The third-order valence-corrected chi connectivity index (χ3v) is 14.6. The van der Waals surface area contributed by atoms with Crippen LogP contribution in [0.15, 0.2) is 201 Å². The van der Waals surface area contributed by atoms with Crippen LogP contribution in [0.5, 0.6) is 34.5 Å². The fourth-order valence-electron chi connectivity index (χ4n) is 10.6. The van der Waals surface area contributed by atoms with Gasteiger partial charge in [0.05, 0.1) is 42.7 Å². The summed E-state index contributed by atoms with van der Waals surface area (Å²) in [6.07, 6.45) is 6.52. The van der Waals surface area contributed by atoms with Crippen LogP contribution in [0.2, 0.25) is 0 Å². The number of aromatic nitrogens is 6. The largest absolute Gasteiger partial charge is 0.497 e. The molecule has 10 aromatic carbocycles. The highest BCUT2D eigenvalue weighted by Crippen LogP contribution is 2.42. The van der Waals surface area contributed by atoms with E-state index in [0.717, 1.165) is 134 Å². The first-order valence-corrected chi connectivity index (χ1v) is 24.5. The lowest BCUT2D eigenvalue weighted by atomic mass is 9.92. The molecule has 13 rings (SSSR count). The molecular formula is C63H51N6O6+3. The molecule has 0 atom stereocenters. The van der Waals surface area contributed by atoms with Crippen molar-refractivity contribution in [3.8, 4) is 68.6 Å². The number of nitrogens with zero attached hydrogens (tertiary/aromatic N) is 6. The first-order valence-electron chi connectivity index (χ1n) is 24.5. The number of imidazole rings is 3. The van der Waals surface area contributed by atoms with Crippen molar-refractivity contribution in [3.05, 3.63) is 201 Å². The molecule has 0 fully saturated rings. The molecule has 0 aliphatic heterocycles. The van der Waals surface area contributed by atoms with Gasteiger partial charge in [0.25, 0.3) is 19.0 Å². The average Bonchev–Trinajstić information content (AvgIpc) is 4.29. The van der Waals surface area contributed by atoms with Crippen LogP contribution < -0.4 is 42.1 Å². The average molecular weight is 988 g/mol. The van der Waals surface area contributed by atoms with Crippen molar-refractivity contribution in [2.45, 2.75) is 0 Å². The number of hydrogen-bond donors (Lipinski definition) is 0. The van der Waals surface area contributed by atoms with Gasteiger partial charge in [-0.1, -0.05) is 0 Å². The van der Waals surface area contributed by atoms with Crippen LogP contribution in [0.3, 0.4) is 0 Å². The molecule has 13 aromatic rings. The minimum absolute atomic E-state index is 0.788. The van der Waals surface area contributed by atoms with Crippen molar-refractivity contribution < 1.29 is 42.1 Å². The van der Waals surface area contributed by atoms with E-state index >= 15 is 0 Å². The van der Waals surface area contributed by atoms with Crippen molar-refractivity contribution >= 4 is 65.4 Å². The van der Waals surface area contributed by atoms with E-state index in [1.54, 1.807) is 42.7 Å². The predicted octanol–water partition coefficient (Wildman–Crippen LogP) is 11.9. The van der Waals surface area contributed by atoms with E-state index in [2.05, 4.69) is 156 Å². The molecule has 0 N–H and O–H groups in total. The van der Waals surface area contributed by atoms with Crippen molar-refractivity contribution in [3.63, 3.8) is 0 Å². The first kappa shape index (κ1) is 45.1. The molecule has 12 nitrogen and oxygen atoms in total. The Bertz CT molecular complexity index is 3570. The molecule has 0 aliphatic rings. The van der Waals surface area contributed by atoms with Crippen LogP contribution in [0.1, 0.15) is 0 Å². The van der Waals surface area contributed by atoms with Crippen LogP contribution in [0.4, 0.5) is 0 Å². The minimum atomic E-state index is 0.788. The Morgan fingerprint density at radius 1 is 0.253 bits per heavy atom. The summed E-state index contributed by atoms with van der Waals surface area (Å²) >= 11 is 0. The van der Waals surface area contributed by atoms with Gasteiger partial charge in [-0.3, -0.25) is 0 Å². The highest BCUT2D eigenvalue weighted by molar-refractivity contribution is 6.29. The molecule has 3 aromatic heterocycles. The zero-order chi connectivity index (χ0) is 50.9. The second-order valence-electron chi connectivity index (χ2n) is 18.4. The van der Waals surface area contributed by atoms with Gasteiger partial charge in [-0.05, 0) is 214 Å². The van der Waals surface area contributed by atoms with Gasteiger partial charge in [-0.25, -0.2) is 0 Å². The summed E-state index contributed by atoms with van der Waals surface area (Å²) < 4.78 is 47.3. The Balaban J connectivity index is 1.20. The van der Waals surface area contributed by atoms with Crippen molar-refractivity contribution in [1.82, 2.24) is 13.7 Å². The van der Waals surface area contributed by atoms with E-state index in [-0.39, 0.29) is 0 Å². The SMILES string of the molecule is COc1ccc(-n2c[n+](-c3ccc(OC)cc3)c3cc4c(cc32)c2cc3c(cc2c2cc5c(cc42)n(-c2ccc(OC)cc2)c[n+]5-c2ccc(OC)cc2)n(-c2ccc(OC)cc2)c[n+]3-c2ccc(OC)cc2)cc1. The van der Waals surface area contributed by atoms with Gasteiger partial charge in [0.2, 0.25) is 0 Å². The molecule has 12 heteroatoms. The summed E-state index contributed by atoms with van der Waals surface area (Å²) in [6.45, 7) is 0. The normalized spacial score (nSPS) is 11.6. The van der Waals surface area contributed by atoms with Gasteiger partial charge in [-0.15, -0.1) is 0 Å². The summed E-state index contributed by atoms with van der Waals surface area (Å²) in [5.41, 5.74) is 12.2. The molecule has 3 heterocycles. The Kier molecular flexibility index (Phi) is 10.8. The summed E-state index contributed by atoms with van der Waals surface area (Å²) in [7, 11) is 10.2. The topological polar surface area (TPSA) is 81.8 Å². The zero-order valence-corrected chi connectivity index (χ0v) is 42.2. The number of fused-ring (bicyclic) bond motifs is 9. The van der Waals surface area contributed by atoms with Crippen LogP contribution >= 0.6 is 0 Å². The molecule has 75 heavy (non-hydrogen) atoms. The molecule has 0 bridgehead atoms.